The van der Waals surface area contributed by atoms with Gasteiger partial charge in [-0.25, -0.2) is 14.4 Å². The van der Waals surface area contributed by atoms with Crippen LogP contribution in [0.1, 0.15) is 58.4 Å². The SMILES string of the molecule is CC(C)(C)OC(=O)N[C@@H](CCCCNC(=O)OCc1ccccc1Cl)C(=O)N1CCC[C@H]1C(=O)O. The second-order valence-corrected chi connectivity index (χ2v) is 9.72. The monoisotopic (exact) mass is 511 g/mol. The number of carbonyl (C=O) groups excluding carboxylic acids is 3. The van der Waals surface area contributed by atoms with E-state index in [0.29, 0.717) is 49.4 Å². The van der Waals surface area contributed by atoms with E-state index in [1.807, 2.05) is 0 Å². The first-order valence-electron chi connectivity index (χ1n) is 11.6. The van der Waals surface area contributed by atoms with Gasteiger partial charge in [0.2, 0.25) is 5.91 Å². The highest BCUT2D eigenvalue weighted by molar-refractivity contribution is 6.31. The third-order valence-electron chi connectivity index (χ3n) is 5.32. The zero-order valence-electron chi connectivity index (χ0n) is 20.3. The molecular formula is C24H34ClN3O7. The number of unbranched alkanes of at least 4 members (excludes halogenated alkanes) is 1. The van der Waals surface area contributed by atoms with Gasteiger partial charge in [-0.3, -0.25) is 4.79 Å². The number of nitrogens with zero attached hydrogens (tertiary/aromatic N) is 1. The van der Waals surface area contributed by atoms with Crippen molar-refractivity contribution in [2.45, 2.75) is 77.2 Å². The molecule has 0 radical (unpaired) electrons. The Morgan fingerprint density at radius 2 is 1.89 bits per heavy atom. The second-order valence-electron chi connectivity index (χ2n) is 9.32. The van der Waals surface area contributed by atoms with Gasteiger partial charge in [0.1, 0.15) is 24.3 Å². The molecule has 1 aliphatic heterocycles. The summed E-state index contributed by atoms with van der Waals surface area (Å²) in [5.74, 6) is -1.51. The van der Waals surface area contributed by atoms with Gasteiger partial charge in [0.15, 0.2) is 0 Å². The Balaban J connectivity index is 1.84. The van der Waals surface area contributed by atoms with Crippen LogP contribution in [0.2, 0.25) is 5.02 Å². The van der Waals surface area contributed by atoms with E-state index < -0.39 is 41.7 Å². The smallest absolute Gasteiger partial charge is 0.408 e. The standard InChI is InChI=1S/C24H34ClN3O7/c1-24(2,3)35-23(33)27-18(20(29)28-14-8-12-19(28)21(30)31)11-6-7-13-26-22(32)34-15-16-9-4-5-10-17(16)25/h4-5,9-10,18-19H,6-8,11-15H2,1-3H3,(H,26,32)(H,27,33)(H,30,31)/t18-,19-/m0/s1. The number of halogens is 1. The van der Waals surface area contributed by atoms with E-state index in [9.17, 15) is 24.3 Å². The van der Waals surface area contributed by atoms with E-state index >= 15 is 0 Å². The number of aliphatic carboxylic acids is 1. The molecule has 194 valence electrons. The minimum Gasteiger partial charge on any atom is -0.480 e. The molecule has 1 heterocycles. The Labute approximate surface area is 210 Å². The maximum Gasteiger partial charge on any atom is 0.408 e. The summed E-state index contributed by atoms with van der Waals surface area (Å²) in [6.07, 6.45) is 0.889. The van der Waals surface area contributed by atoms with Crippen LogP contribution in [-0.2, 0) is 25.7 Å². The average molecular weight is 512 g/mol. The van der Waals surface area contributed by atoms with Gasteiger partial charge < -0.3 is 30.1 Å². The largest absolute Gasteiger partial charge is 0.480 e. The molecule has 35 heavy (non-hydrogen) atoms. The van der Waals surface area contributed by atoms with Crippen molar-refractivity contribution in [1.82, 2.24) is 15.5 Å². The van der Waals surface area contributed by atoms with E-state index in [-0.39, 0.29) is 13.0 Å². The van der Waals surface area contributed by atoms with E-state index in [4.69, 9.17) is 21.1 Å². The van der Waals surface area contributed by atoms with Crippen molar-refractivity contribution in [2.75, 3.05) is 13.1 Å². The van der Waals surface area contributed by atoms with Crippen LogP contribution in [0.5, 0.6) is 0 Å². The summed E-state index contributed by atoms with van der Waals surface area (Å²) in [6.45, 7) is 5.79. The summed E-state index contributed by atoms with van der Waals surface area (Å²) in [5.41, 5.74) is -0.0520. The number of alkyl carbamates (subject to hydrolysis) is 2. The van der Waals surface area contributed by atoms with E-state index in [0.717, 1.165) is 0 Å². The average Bonchev–Trinajstić information content (AvgIpc) is 3.26. The van der Waals surface area contributed by atoms with Crippen molar-refractivity contribution in [1.29, 1.82) is 0 Å². The van der Waals surface area contributed by atoms with Gasteiger partial charge in [0.05, 0.1) is 0 Å². The maximum absolute atomic E-state index is 13.1. The summed E-state index contributed by atoms with van der Waals surface area (Å²) in [6, 6.07) is 5.22. The number of benzene rings is 1. The molecule has 0 unspecified atom stereocenters. The molecule has 0 saturated carbocycles. The molecule has 11 heteroatoms. The molecule has 2 rings (SSSR count). The molecule has 1 aromatic carbocycles. The molecule has 10 nitrogen and oxygen atoms in total. The number of hydrogen-bond donors (Lipinski definition) is 3. The zero-order valence-corrected chi connectivity index (χ0v) is 21.1. The molecular weight excluding hydrogens is 478 g/mol. The highest BCUT2D eigenvalue weighted by Gasteiger charge is 2.37. The fraction of sp³-hybridized carbons (Fsp3) is 0.583. The first-order chi connectivity index (χ1) is 16.5. The molecule has 0 spiro atoms. The van der Waals surface area contributed by atoms with Crippen molar-refractivity contribution >= 4 is 35.7 Å². The number of ether oxygens (including phenoxy) is 2. The van der Waals surface area contributed by atoms with Crippen molar-refractivity contribution in [3.8, 4) is 0 Å². The van der Waals surface area contributed by atoms with Gasteiger partial charge >= 0.3 is 18.2 Å². The summed E-state index contributed by atoms with van der Waals surface area (Å²) in [7, 11) is 0. The summed E-state index contributed by atoms with van der Waals surface area (Å²) < 4.78 is 10.4. The van der Waals surface area contributed by atoms with Crippen LogP contribution in [-0.4, -0.2) is 64.8 Å². The normalized spacial score (nSPS) is 16.3. The molecule has 1 fully saturated rings. The lowest BCUT2D eigenvalue weighted by Gasteiger charge is -2.28. The summed E-state index contributed by atoms with van der Waals surface area (Å²) >= 11 is 6.04. The molecule has 2 atom stereocenters. The minimum atomic E-state index is -1.06. The third kappa shape index (κ3) is 9.64. The van der Waals surface area contributed by atoms with E-state index in [1.165, 1.54) is 4.90 Å². The van der Waals surface area contributed by atoms with Crippen LogP contribution in [0, 0.1) is 0 Å². The Morgan fingerprint density at radius 3 is 2.54 bits per heavy atom. The van der Waals surface area contributed by atoms with Gasteiger partial charge in [-0.05, 0) is 58.9 Å². The van der Waals surface area contributed by atoms with E-state index in [2.05, 4.69) is 10.6 Å². The van der Waals surface area contributed by atoms with Crippen LogP contribution in [0.4, 0.5) is 9.59 Å². The number of rotatable bonds is 10. The predicted molar refractivity (Wildman–Crippen MR) is 129 cm³/mol. The van der Waals surface area contributed by atoms with Crippen molar-refractivity contribution in [3.05, 3.63) is 34.9 Å². The fourth-order valence-corrected chi connectivity index (χ4v) is 3.86. The highest BCUT2D eigenvalue weighted by Crippen LogP contribution is 2.20. The number of amides is 3. The number of carboxylic acids is 1. The lowest BCUT2D eigenvalue weighted by Crippen LogP contribution is -2.52. The van der Waals surface area contributed by atoms with Gasteiger partial charge in [0.25, 0.3) is 0 Å². The predicted octanol–water partition coefficient (Wildman–Crippen LogP) is 3.71. The maximum atomic E-state index is 13.1. The highest BCUT2D eigenvalue weighted by atomic mass is 35.5. The quantitative estimate of drug-likeness (QED) is 0.407. The van der Waals surface area contributed by atoms with Crippen LogP contribution in [0.3, 0.4) is 0 Å². The Kier molecular flexibility index (Phi) is 10.6. The van der Waals surface area contributed by atoms with Gasteiger partial charge in [-0.15, -0.1) is 0 Å². The van der Waals surface area contributed by atoms with Gasteiger partial charge in [-0.1, -0.05) is 29.8 Å². The van der Waals surface area contributed by atoms with Crippen molar-refractivity contribution in [3.63, 3.8) is 0 Å². The van der Waals surface area contributed by atoms with Crippen LogP contribution in [0.15, 0.2) is 24.3 Å². The zero-order chi connectivity index (χ0) is 26.0. The first kappa shape index (κ1) is 28.2. The van der Waals surface area contributed by atoms with Crippen LogP contribution >= 0.6 is 11.6 Å². The third-order valence-corrected chi connectivity index (χ3v) is 5.68. The Morgan fingerprint density at radius 1 is 1.17 bits per heavy atom. The molecule has 3 amide bonds. The first-order valence-corrected chi connectivity index (χ1v) is 12.0. The Hall–Kier alpha value is -3.01. The van der Waals surface area contributed by atoms with Gasteiger partial charge in [-0.2, -0.15) is 0 Å². The lowest BCUT2D eigenvalue weighted by atomic mass is 10.1. The number of carbonyl (C=O) groups is 4. The fourth-order valence-electron chi connectivity index (χ4n) is 3.67. The Bertz CT molecular complexity index is 903. The molecule has 1 aliphatic rings. The molecule has 1 aromatic rings. The second kappa shape index (κ2) is 13.2. The topological polar surface area (TPSA) is 134 Å². The molecule has 1 saturated heterocycles. The number of carboxylic acid groups (broad SMARTS) is 1. The lowest BCUT2D eigenvalue weighted by molar-refractivity contribution is -0.149. The van der Waals surface area contributed by atoms with E-state index in [1.54, 1.807) is 45.0 Å². The number of likely N-dealkylation sites (tertiary alicyclic amines) is 1. The summed E-state index contributed by atoms with van der Waals surface area (Å²) in [5, 5.41) is 15.1. The van der Waals surface area contributed by atoms with Crippen LogP contribution < -0.4 is 10.6 Å². The molecule has 3 N–H and O–H groups in total. The van der Waals surface area contributed by atoms with Crippen molar-refractivity contribution < 1.29 is 33.8 Å². The molecule has 0 bridgehead atoms. The molecule has 0 aliphatic carbocycles. The number of nitrogens with one attached hydrogen (secondary N) is 2. The minimum absolute atomic E-state index is 0.0441. The molecule has 0 aromatic heterocycles. The number of hydrogen-bond acceptors (Lipinski definition) is 6. The summed E-state index contributed by atoms with van der Waals surface area (Å²) in [4.78, 5) is 50.1. The van der Waals surface area contributed by atoms with Crippen molar-refractivity contribution in [2.24, 2.45) is 0 Å². The van der Waals surface area contributed by atoms with Gasteiger partial charge in [0, 0.05) is 23.7 Å². The van der Waals surface area contributed by atoms with Crippen LogP contribution in [0.25, 0.3) is 0 Å².